The van der Waals surface area contributed by atoms with Gasteiger partial charge in [0.2, 0.25) is 0 Å². The van der Waals surface area contributed by atoms with Gasteiger partial charge < -0.3 is 5.11 Å². The van der Waals surface area contributed by atoms with Gasteiger partial charge >= 0.3 is 5.97 Å². The van der Waals surface area contributed by atoms with E-state index in [4.69, 9.17) is 5.11 Å². The SMILES string of the molecule is Cc1ccc(Sc2cc(C(=O)O)ccn2)cc1[N+](=O)[O-]. The van der Waals surface area contributed by atoms with E-state index >= 15 is 0 Å². The second kappa shape index (κ2) is 5.70. The first-order chi connectivity index (χ1) is 9.47. The number of nitro benzene ring substituents is 1. The minimum Gasteiger partial charge on any atom is -0.478 e. The summed E-state index contributed by atoms with van der Waals surface area (Å²) in [5.41, 5.74) is 0.736. The van der Waals surface area contributed by atoms with E-state index in [-0.39, 0.29) is 11.3 Å². The molecule has 0 spiro atoms. The Morgan fingerprint density at radius 2 is 2.10 bits per heavy atom. The summed E-state index contributed by atoms with van der Waals surface area (Å²) in [5.74, 6) is -1.04. The van der Waals surface area contributed by atoms with Gasteiger partial charge in [-0.2, -0.15) is 0 Å². The van der Waals surface area contributed by atoms with Gasteiger partial charge in [-0.05, 0) is 25.1 Å². The van der Waals surface area contributed by atoms with Crippen LogP contribution in [0.5, 0.6) is 0 Å². The van der Waals surface area contributed by atoms with E-state index in [1.807, 2.05) is 0 Å². The highest BCUT2D eigenvalue weighted by Crippen LogP contribution is 2.30. The van der Waals surface area contributed by atoms with Gasteiger partial charge in [0.1, 0.15) is 5.03 Å². The molecule has 0 aliphatic heterocycles. The van der Waals surface area contributed by atoms with Crippen molar-refractivity contribution in [2.24, 2.45) is 0 Å². The van der Waals surface area contributed by atoms with Crippen LogP contribution < -0.4 is 0 Å². The van der Waals surface area contributed by atoms with Crippen LogP contribution >= 0.6 is 11.8 Å². The van der Waals surface area contributed by atoms with Crippen LogP contribution in [0.15, 0.2) is 46.5 Å². The lowest BCUT2D eigenvalue weighted by molar-refractivity contribution is -0.385. The third kappa shape index (κ3) is 3.12. The maximum Gasteiger partial charge on any atom is 0.335 e. The summed E-state index contributed by atoms with van der Waals surface area (Å²) in [4.78, 5) is 26.0. The molecule has 0 saturated carbocycles. The molecule has 0 bridgehead atoms. The lowest BCUT2D eigenvalue weighted by Crippen LogP contribution is -1.96. The molecule has 102 valence electrons. The van der Waals surface area contributed by atoms with Crippen LogP contribution in [0.3, 0.4) is 0 Å². The Morgan fingerprint density at radius 1 is 1.35 bits per heavy atom. The standard InChI is InChI=1S/C13H10N2O4S/c1-8-2-3-10(7-11(8)15(18)19)20-12-6-9(13(16)17)4-5-14-12/h2-7H,1H3,(H,16,17). The molecule has 0 aliphatic carbocycles. The largest absolute Gasteiger partial charge is 0.478 e. The molecule has 0 amide bonds. The highest BCUT2D eigenvalue weighted by atomic mass is 32.2. The predicted molar refractivity (Wildman–Crippen MR) is 73.2 cm³/mol. The average Bonchev–Trinajstić information content (AvgIpc) is 2.41. The molecule has 0 saturated heterocycles. The van der Waals surface area contributed by atoms with E-state index in [9.17, 15) is 14.9 Å². The third-order valence-corrected chi connectivity index (χ3v) is 3.50. The molecule has 1 aromatic carbocycles. The molecular formula is C13H10N2O4S. The summed E-state index contributed by atoms with van der Waals surface area (Å²) >= 11 is 1.18. The topological polar surface area (TPSA) is 93.3 Å². The molecule has 20 heavy (non-hydrogen) atoms. The molecule has 1 aromatic heterocycles. The number of carboxylic acids is 1. The lowest BCUT2D eigenvalue weighted by atomic mass is 10.2. The van der Waals surface area contributed by atoms with E-state index in [1.165, 1.54) is 36.2 Å². The Bertz CT molecular complexity index is 688. The predicted octanol–water partition coefficient (Wildman–Crippen LogP) is 3.15. The van der Waals surface area contributed by atoms with E-state index in [1.54, 1.807) is 19.1 Å². The highest BCUT2D eigenvalue weighted by Gasteiger charge is 2.12. The van der Waals surface area contributed by atoms with Crippen LogP contribution in [0.1, 0.15) is 15.9 Å². The second-order valence-corrected chi connectivity index (χ2v) is 5.09. The highest BCUT2D eigenvalue weighted by molar-refractivity contribution is 7.99. The first kappa shape index (κ1) is 14.0. The smallest absolute Gasteiger partial charge is 0.335 e. The van der Waals surface area contributed by atoms with Gasteiger partial charge in [0.15, 0.2) is 0 Å². The average molecular weight is 290 g/mol. The van der Waals surface area contributed by atoms with Crippen LogP contribution in [0.4, 0.5) is 5.69 Å². The van der Waals surface area contributed by atoms with E-state index in [0.29, 0.717) is 15.5 Å². The molecule has 1 heterocycles. The van der Waals surface area contributed by atoms with Gasteiger partial charge in [0.25, 0.3) is 5.69 Å². The maximum absolute atomic E-state index is 10.9. The number of benzene rings is 1. The number of carboxylic acid groups (broad SMARTS) is 1. The minimum atomic E-state index is -1.04. The number of aryl methyl sites for hydroxylation is 1. The number of aromatic carboxylic acids is 1. The van der Waals surface area contributed by atoms with Gasteiger partial charge in [-0.25, -0.2) is 9.78 Å². The quantitative estimate of drug-likeness (QED) is 0.686. The summed E-state index contributed by atoms with van der Waals surface area (Å²) in [7, 11) is 0. The van der Waals surface area contributed by atoms with Crippen molar-refractivity contribution in [3.8, 4) is 0 Å². The normalized spacial score (nSPS) is 10.2. The first-order valence-corrected chi connectivity index (χ1v) is 6.41. The summed E-state index contributed by atoms with van der Waals surface area (Å²) in [5, 5.41) is 20.3. The fourth-order valence-corrected chi connectivity index (χ4v) is 2.42. The monoisotopic (exact) mass is 290 g/mol. The van der Waals surface area contributed by atoms with Crippen LogP contribution in [-0.2, 0) is 0 Å². The summed E-state index contributed by atoms with van der Waals surface area (Å²) in [6.45, 7) is 1.66. The Balaban J connectivity index is 2.30. The van der Waals surface area contributed by atoms with Crippen molar-refractivity contribution in [3.63, 3.8) is 0 Å². The van der Waals surface area contributed by atoms with Gasteiger partial charge in [-0.3, -0.25) is 10.1 Å². The van der Waals surface area contributed by atoms with Gasteiger partial charge in [0, 0.05) is 22.7 Å². The van der Waals surface area contributed by atoms with Crippen LogP contribution in [-0.4, -0.2) is 21.0 Å². The van der Waals surface area contributed by atoms with E-state index in [2.05, 4.69) is 4.98 Å². The molecule has 0 atom stereocenters. The number of nitrogens with zero attached hydrogens (tertiary/aromatic N) is 2. The molecule has 0 aliphatic rings. The van der Waals surface area contributed by atoms with Crippen molar-refractivity contribution in [2.75, 3.05) is 0 Å². The summed E-state index contributed by atoms with van der Waals surface area (Å²) < 4.78 is 0. The number of hydrogen-bond acceptors (Lipinski definition) is 5. The molecule has 0 radical (unpaired) electrons. The molecule has 7 heteroatoms. The van der Waals surface area contributed by atoms with Crippen molar-refractivity contribution in [2.45, 2.75) is 16.8 Å². The van der Waals surface area contributed by atoms with Gasteiger partial charge in [0.05, 0.1) is 10.5 Å². The van der Waals surface area contributed by atoms with Gasteiger partial charge in [-0.15, -0.1) is 0 Å². The summed E-state index contributed by atoms with van der Waals surface area (Å²) in [6, 6.07) is 7.67. The molecule has 1 N–H and O–H groups in total. The number of pyridine rings is 1. The number of carbonyl (C=O) groups is 1. The second-order valence-electron chi connectivity index (χ2n) is 4.00. The number of rotatable bonds is 4. The van der Waals surface area contributed by atoms with Crippen molar-refractivity contribution < 1.29 is 14.8 Å². The molecular weight excluding hydrogens is 280 g/mol. The van der Waals surface area contributed by atoms with E-state index in [0.717, 1.165) is 0 Å². The third-order valence-electron chi connectivity index (χ3n) is 2.58. The zero-order valence-electron chi connectivity index (χ0n) is 10.4. The Labute approximate surface area is 118 Å². The van der Waals surface area contributed by atoms with E-state index < -0.39 is 10.9 Å². The Kier molecular flexibility index (Phi) is 3.99. The Morgan fingerprint density at radius 3 is 2.75 bits per heavy atom. The zero-order valence-corrected chi connectivity index (χ0v) is 11.3. The van der Waals surface area contributed by atoms with Crippen LogP contribution in [0.2, 0.25) is 0 Å². The lowest BCUT2D eigenvalue weighted by Gasteiger charge is -2.03. The van der Waals surface area contributed by atoms with Crippen molar-refractivity contribution in [3.05, 3.63) is 57.8 Å². The number of nitro groups is 1. The molecule has 2 aromatic rings. The fraction of sp³-hybridized carbons (Fsp3) is 0.0769. The van der Waals surface area contributed by atoms with Gasteiger partial charge in [-0.1, -0.05) is 17.8 Å². The molecule has 6 nitrogen and oxygen atoms in total. The minimum absolute atomic E-state index is 0.0318. The maximum atomic E-state index is 10.9. The molecule has 0 unspecified atom stereocenters. The van der Waals surface area contributed by atoms with Crippen molar-refractivity contribution in [1.29, 1.82) is 0 Å². The van der Waals surface area contributed by atoms with Crippen LogP contribution in [0.25, 0.3) is 0 Å². The molecule has 2 rings (SSSR count). The molecule has 0 fully saturated rings. The zero-order chi connectivity index (χ0) is 14.7. The van der Waals surface area contributed by atoms with Crippen molar-refractivity contribution in [1.82, 2.24) is 4.98 Å². The Hall–Kier alpha value is -2.41. The van der Waals surface area contributed by atoms with Crippen LogP contribution in [0, 0.1) is 17.0 Å². The summed E-state index contributed by atoms with van der Waals surface area (Å²) in [6.07, 6.45) is 1.40. The number of aromatic nitrogens is 1. The fourth-order valence-electron chi connectivity index (χ4n) is 1.57. The number of hydrogen-bond donors (Lipinski definition) is 1. The first-order valence-electron chi connectivity index (χ1n) is 5.59. The van der Waals surface area contributed by atoms with Crippen molar-refractivity contribution >= 4 is 23.4 Å².